The number of amides is 1. The largest absolute Gasteiger partial charge is 0.378 e. The lowest BCUT2D eigenvalue weighted by Crippen LogP contribution is -2.40. The van der Waals surface area contributed by atoms with Crippen molar-refractivity contribution in [2.45, 2.75) is 11.8 Å². The third kappa shape index (κ3) is 3.59. The number of carbonyl (C=O) groups excluding carboxylic acids is 1. The number of rotatable bonds is 4. The number of sulfonamides is 1. The number of benzene rings is 2. The van der Waals surface area contributed by atoms with Crippen LogP contribution >= 0.6 is 0 Å². The Kier molecular flexibility index (Phi) is 5.29. The van der Waals surface area contributed by atoms with Gasteiger partial charge in [0.15, 0.2) is 0 Å². The molecule has 1 aliphatic heterocycles. The van der Waals surface area contributed by atoms with Crippen LogP contribution in [-0.2, 0) is 14.8 Å². The van der Waals surface area contributed by atoms with Gasteiger partial charge in [-0.2, -0.15) is 0 Å². The van der Waals surface area contributed by atoms with Gasteiger partial charge in [-0.15, -0.1) is 0 Å². The minimum Gasteiger partial charge on any atom is -0.378 e. The lowest BCUT2D eigenvalue weighted by Gasteiger charge is -2.27. The molecule has 0 bridgehead atoms. The Balaban J connectivity index is 1.91. The number of anilines is 1. The molecule has 1 amide bonds. The van der Waals surface area contributed by atoms with E-state index in [2.05, 4.69) is 0 Å². The zero-order valence-corrected chi connectivity index (χ0v) is 15.7. The number of morpholine rings is 1. The van der Waals surface area contributed by atoms with Crippen molar-refractivity contribution >= 4 is 21.6 Å². The Morgan fingerprint density at radius 3 is 2.46 bits per heavy atom. The molecule has 2 aromatic rings. The van der Waals surface area contributed by atoms with Crippen LogP contribution in [0.15, 0.2) is 53.4 Å². The normalized spacial score (nSPS) is 14.9. The molecule has 0 saturated carbocycles. The quantitative estimate of drug-likeness (QED) is 0.824. The summed E-state index contributed by atoms with van der Waals surface area (Å²) in [5.41, 5.74) is 1.84. The number of ether oxygens (including phenoxy) is 1. The third-order valence-electron chi connectivity index (χ3n) is 4.49. The highest BCUT2D eigenvalue weighted by Gasteiger charge is 2.25. The van der Waals surface area contributed by atoms with Crippen molar-refractivity contribution in [2.75, 3.05) is 37.7 Å². The van der Waals surface area contributed by atoms with E-state index in [4.69, 9.17) is 4.74 Å². The maximum absolute atomic E-state index is 13.0. The average molecular weight is 374 g/mol. The molecule has 0 spiro atoms. The highest BCUT2D eigenvalue weighted by atomic mass is 32.2. The monoisotopic (exact) mass is 374 g/mol. The third-order valence-corrected chi connectivity index (χ3v) is 6.26. The number of hydrogen-bond acceptors (Lipinski definition) is 4. The minimum absolute atomic E-state index is 0.0994. The lowest BCUT2D eigenvalue weighted by atomic mass is 10.2. The molecular formula is C19H22N2O4S. The molecule has 6 nitrogen and oxygen atoms in total. The highest BCUT2D eigenvalue weighted by Crippen LogP contribution is 2.25. The van der Waals surface area contributed by atoms with Crippen LogP contribution in [0.4, 0.5) is 5.69 Å². The maximum Gasteiger partial charge on any atom is 0.264 e. The molecule has 0 aliphatic carbocycles. The van der Waals surface area contributed by atoms with Crippen molar-refractivity contribution in [2.24, 2.45) is 0 Å². The van der Waals surface area contributed by atoms with Crippen LogP contribution < -0.4 is 4.31 Å². The summed E-state index contributed by atoms with van der Waals surface area (Å²) in [4.78, 5) is 14.4. The van der Waals surface area contributed by atoms with Crippen LogP contribution in [0, 0.1) is 6.92 Å². The van der Waals surface area contributed by atoms with Crippen molar-refractivity contribution in [1.82, 2.24) is 4.90 Å². The Labute approximate surface area is 154 Å². The average Bonchev–Trinajstić information content (AvgIpc) is 2.68. The van der Waals surface area contributed by atoms with Crippen LogP contribution in [0.25, 0.3) is 0 Å². The number of hydrogen-bond donors (Lipinski definition) is 0. The van der Waals surface area contributed by atoms with Crippen LogP contribution in [0.3, 0.4) is 0 Å². The Hall–Kier alpha value is -2.38. The van der Waals surface area contributed by atoms with E-state index in [-0.39, 0.29) is 10.8 Å². The van der Waals surface area contributed by atoms with Gasteiger partial charge in [-0.05, 0) is 36.8 Å². The predicted molar refractivity (Wildman–Crippen MR) is 99.9 cm³/mol. The molecule has 1 aliphatic rings. The first-order valence-corrected chi connectivity index (χ1v) is 9.87. The Morgan fingerprint density at radius 1 is 1.08 bits per heavy atom. The topological polar surface area (TPSA) is 66.9 Å². The van der Waals surface area contributed by atoms with Gasteiger partial charge >= 0.3 is 0 Å². The standard InChI is InChI=1S/C19H22N2O4S/c1-15-6-3-4-9-18(15)20(2)26(23,24)17-8-5-7-16(14-17)19(22)21-10-12-25-13-11-21/h3-9,14H,10-13H2,1-2H3. The maximum atomic E-state index is 13.0. The van der Waals surface area contributed by atoms with Crippen LogP contribution in [0.1, 0.15) is 15.9 Å². The van der Waals surface area contributed by atoms with E-state index < -0.39 is 10.0 Å². The Bertz CT molecular complexity index is 905. The van der Waals surface area contributed by atoms with Gasteiger partial charge in [-0.25, -0.2) is 8.42 Å². The van der Waals surface area contributed by atoms with E-state index in [9.17, 15) is 13.2 Å². The molecule has 0 N–H and O–H groups in total. The van der Waals surface area contributed by atoms with Gasteiger partial charge < -0.3 is 9.64 Å². The van der Waals surface area contributed by atoms with E-state index >= 15 is 0 Å². The van der Waals surface area contributed by atoms with Crippen molar-refractivity contribution in [3.8, 4) is 0 Å². The summed E-state index contributed by atoms with van der Waals surface area (Å²) >= 11 is 0. The number of aryl methyl sites for hydroxylation is 1. The first-order chi connectivity index (χ1) is 12.4. The summed E-state index contributed by atoms with van der Waals surface area (Å²) in [6.07, 6.45) is 0. The summed E-state index contributed by atoms with van der Waals surface area (Å²) in [5.74, 6) is -0.177. The second-order valence-corrected chi connectivity index (χ2v) is 8.16. The first kappa shape index (κ1) is 18.4. The van der Waals surface area contributed by atoms with Crippen LogP contribution in [0.2, 0.25) is 0 Å². The second-order valence-electron chi connectivity index (χ2n) is 6.19. The molecule has 0 unspecified atom stereocenters. The molecule has 26 heavy (non-hydrogen) atoms. The zero-order chi connectivity index (χ0) is 18.7. The van der Waals surface area contributed by atoms with Gasteiger partial charge in [0.1, 0.15) is 0 Å². The summed E-state index contributed by atoms with van der Waals surface area (Å²) in [6.45, 7) is 3.89. The van der Waals surface area contributed by atoms with E-state index in [0.717, 1.165) is 5.56 Å². The fraction of sp³-hybridized carbons (Fsp3) is 0.316. The van der Waals surface area contributed by atoms with Gasteiger partial charge in [0.25, 0.3) is 15.9 Å². The molecule has 3 rings (SSSR count). The van der Waals surface area contributed by atoms with E-state index in [1.807, 2.05) is 19.1 Å². The first-order valence-electron chi connectivity index (χ1n) is 8.43. The van der Waals surface area contributed by atoms with E-state index in [1.54, 1.807) is 29.2 Å². The van der Waals surface area contributed by atoms with Crippen molar-refractivity contribution in [1.29, 1.82) is 0 Å². The summed E-state index contributed by atoms with van der Waals surface area (Å²) in [6, 6.07) is 13.5. The van der Waals surface area contributed by atoms with Crippen LogP contribution in [0.5, 0.6) is 0 Å². The molecule has 0 radical (unpaired) electrons. The molecule has 138 valence electrons. The second kappa shape index (κ2) is 7.47. The molecular weight excluding hydrogens is 352 g/mol. The van der Waals surface area contributed by atoms with Crippen LogP contribution in [-0.4, -0.2) is 52.6 Å². The molecule has 0 aromatic heterocycles. The zero-order valence-electron chi connectivity index (χ0n) is 14.9. The summed E-state index contributed by atoms with van der Waals surface area (Å²) in [5, 5.41) is 0. The highest BCUT2D eigenvalue weighted by molar-refractivity contribution is 7.92. The molecule has 1 heterocycles. The molecule has 2 aromatic carbocycles. The molecule has 7 heteroatoms. The van der Waals surface area contributed by atoms with Crippen molar-refractivity contribution < 1.29 is 17.9 Å². The van der Waals surface area contributed by atoms with Gasteiger partial charge in [0, 0.05) is 25.7 Å². The molecule has 1 saturated heterocycles. The smallest absolute Gasteiger partial charge is 0.264 e. The number of para-hydroxylation sites is 1. The minimum atomic E-state index is -3.76. The van der Waals surface area contributed by atoms with E-state index in [0.29, 0.717) is 37.6 Å². The fourth-order valence-corrected chi connectivity index (χ4v) is 4.25. The van der Waals surface area contributed by atoms with Gasteiger partial charge in [-0.3, -0.25) is 9.10 Å². The molecule has 1 fully saturated rings. The summed E-state index contributed by atoms with van der Waals surface area (Å²) < 4.78 is 32.5. The van der Waals surface area contributed by atoms with Crippen molar-refractivity contribution in [3.63, 3.8) is 0 Å². The van der Waals surface area contributed by atoms with Gasteiger partial charge in [0.05, 0.1) is 23.8 Å². The predicted octanol–water partition coefficient (Wildman–Crippen LogP) is 2.29. The number of nitrogens with zero attached hydrogens (tertiary/aromatic N) is 2. The SMILES string of the molecule is Cc1ccccc1N(C)S(=O)(=O)c1cccc(C(=O)N2CCOCC2)c1. The number of carbonyl (C=O) groups is 1. The summed E-state index contributed by atoms with van der Waals surface area (Å²) in [7, 11) is -2.24. The Morgan fingerprint density at radius 2 is 1.77 bits per heavy atom. The molecule has 0 atom stereocenters. The lowest BCUT2D eigenvalue weighted by molar-refractivity contribution is 0.0302. The van der Waals surface area contributed by atoms with Gasteiger partial charge in [0.2, 0.25) is 0 Å². The van der Waals surface area contributed by atoms with E-state index in [1.165, 1.54) is 23.5 Å². The van der Waals surface area contributed by atoms with Gasteiger partial charge in [-0.1, -0.05) is 24.3 Å². The fourth-order valence-electron chi connectivity index (χ4n) is 2.94. The van der Waals surface area contributed by atoms with Crippen molar-refractivity contribution in [3.05, 3.63) is 59.7 Å².